The molecule has 146 valence electrons. The van der Waals surface area contributed by atoms with Crippen molar-refractivity contribution in [3.05, 3.63) is 18.0 Å². The summed E-state index contributed by atoms with van der Waals surface area (Å²) in [5.41, 5.74) is 1.11. The molecule has 0 bridgehead atoms. The van der Waals surface area contributed by atoms with Gasteiger partial charge in [-0.15, -0.1) is 0 Å². The Bertz CT molecular complexity index is 604. The van der Waals surface area contributed by atoms with Crippen LogP contribution in [-0.4, -0.2) is 90.7 Å². The lowest BCUT2D eigenvalue weighted by Crippen LogP contribution is -2.54. The van der Waals surface area contributed by atoms with Crippen LogP contribution in [0.2, 0.25) is 0 Å². The van der Waals surface area contributed by atoms with Crippen molar-refractivity contribution in [2.24, 2.45) is 12.0 Å². The van der Waals surface area contributed by atoms with Crippen molar-refractivity contribution in [2.75, 3.05) is 53.0 Å². The van der Waals surface area contributed by atoms with Crippen molar-refractivity contribution < 1.29 is 9.47 Å². The van der Waals surface area contributed by atoms with Crippen molar-refractivity contribution in [3.8, 4) is 0 Å². The molecule has 2 saturated heterocycles. The second kappa shape index (κ2) is 8.83. The van der Waals surface area contributed by atoms with Gasteiger partial charge in [-0.05, 0) is 13.8 Å². The molecule has 1 N–H and O–H groups in total. The Balaban J connectivity index is 1.54. The minimum absolute atomic E-state index is 0.0349. The Kier molecular flexibility index (Phi) is 6.50. The average molecular weight is 364 g/mol. The maximum Gasteiger partial charge on any atom is 0.193 e. The van der Waals surface area contributed by atoms with Crippen molar-refractivity contribution in [1.29, 1.82) is 0 Å². The molecular formula is C18H32N6O2. The van der Waals surface area contributed by atoms with E-state index in [1.807, 2.05) is 31.2 Å². The molecule has 0 spiro atoms. The van der Waals surface area contributed by atoms with Crippen LogP contribution >= 0.6 is 0 Å². The molecule has 8 nitrogen and oxygen atoms in total. The van der Waals surface area contributed by atoms with E-state index in [1.165, 1.54) is 0 Å². The van der Waals surface area contributed by atoms with E-state index < -0.39 is 0 Å². The van der Waals surface area contributed by atoms with Crippen LogP contribution in [0.15, 0.2) is 17.4 Å². The molecule has 3 rings (SSSR count). The van der Waals surface area contributed by atoms with Gasteiger partial charge in [0.2, 0.25) is 0 Å². The topological polar surface area (TPSA) is 67.2 Å². The number of hydrogen-bond donors (Lipinski definition) is 1. The first kappa shape index (κ1) is 19.1. The van der Waals surface area contributed by atoms with Gasteiger partial charge < -0.3 is 19.7 Å². The zero-order valence-electron chi connectivity index (χ0n) is 16.4. The summed E-state index contributed by atoms with van der Waals surface area (Å²) in [6, 6.07) is 0.890. The van der Waals surface area contributed by atoms with Crippen molar-refractivity contribution in [2.45, 2.75) is 32.0 Å². The van der Waals surface area contributed by atoms with Gasteiger partial charge in [-0.2, -0.15) is 5.10 Å². The number of morpholine rings is 2. The highest BCUT2D eigenvalue weighted by Gasteiger charge is 2.27. The van der Waals surface area contributed by atoms with Gasteiger partial charge in [0.25, 0.3) is 0 Å². The standard InChI is InChI=1S/C18H32N6O2/c1-14(24-6-7-25-13-15(24)2)9-20-18(19-3)23-5-8-26-17(12-23)16-10-21-22(4)11-16/h10-11,14-15,17H,5-9,12-13H2,1-4H3,(H,19,20). The fourth-order valence-electron chi connectivity index (χ4n) is 3.73. The molecule has 0 saturated carbocycles. The number of guanidine groups is 1. The lowest BCUT2D eigenvalue weighted by molar-refractivity contribution is -0.0185. The Morgan fingerprint density at radius 3 is 2.96 bits per heavy atom. The third kappa shape index (κ3) is 4.55. The Morgan fingerprint density at radius 1 is 1.42 bits per heavy atom. The molecule has 3 atom stereocenters. The monoisotopic (exact) mass is 364 g/mol. The van der Waals surface area contributed by atoms with E-state index >= 15 is 0 Å². The van der Waals surface area contributed by atoms with Gasteiger partial charge in [-0.1, -0.05) is 0 Å². The highest BCUT2D eigenvalue weighted by molar-refractivity contribution is 5.80. The molecule has 3 heterocycles. The fourth-order valence-corrected chi connectivity index (χ4v) is 3.73. The third-order valence-electron chi connectivity index (χ3n) is 5.22. The number of hydrogen-bond acceptors (Lipinski definition) is 5. The summed E-state index contributed by atoms with van der Waals surface area (Å²) in [6.45, 7) is 10.3. The first-order chi connectivity index (χ1) is 12.6. The maximum atomic E-state index is 5.94. The number of aryl methyl sites for hydroxylation is 1. The lowest BCUT2D eigenvalue weighted by atomic mass is 10.1. The molecule has 0 aliphatic carbocycles. The molecule has 2 fully saturated rings. The Morgan fingerprint density at radius 2 is 2.27 bits per heavy atom. The van der Waals surface area contributed by atoms with E-state index in [4.69, 9.17) is 9.47 Å². The predicted molar refractivity (Wildman–Crippen MR) is 101 cm³/mol. The number of aromatic nitrogens is 2. The van der Waals surface area contributed by atoms with Crippen LogP contribution in [0.5, 0.6) is 0 Å². The van der Waals surface area contributed by atoms with Crippen molar-refractivity contribution in [1.82, 2.24) is 24.9 Å². The number of aliphatic imine (C=N–C) groups is 1. The minimum atomic E-state index is 0.0349. The summed E-state index contributed by atoms with van der Waals surface area (Å²) in [5, 5.41) is 7.81. The average Bonchev–Trinajstić information content (AvgIpc) is 3.09. The molecule has 3 unspecified atom stereocenters. The Hall–Kier alpha value is -1.64. The summed E-state index contributed by atoms with van der Waals surface area (Å²) in [7, 11) is 3.78. The van der Waals surface area contributed by atoms with Crippen molar-refractivity contribution in [3.63, 3.8) is 0 Å². The maximum absolute atomic E-state index is 5.94. The van der Waals surface area contributed by atoms with Crippen LogP contribution in [0, 0.1) is 0 Å². The van der Waals surface area contributed by atoms with Crippen LogP contribution in [0.25, 0.3) is 0 Å². The van der Waals surface area contributed by atoms with Gasteiger partial charge in [-0.3, -0.25) is 14.6 Å². The molecule has 0 radical (unpaired) electrons. The van der Waals surface area contributed by atoms with Gasteiger partial charge in [0, 0.05) is 57.6 Å². The molecule has 2 aliphatic rings. The summed E-state index contributed by atoms with van der Waals surface area (Å²) in [4.78, 5) is 9.27. The number of rotatable bonds is 4. The fraction of sp³-hybridized carbons (Fsp3) is 0.778. The third-order valence-corrected chi connectivity index (χ3v) is 5.22. The second-order valence-electron chi connectivity index (χ2n) is 7.19. The molecule has 0 amide bonds. The highest BCUT2D eigenvalue weighted by Crippen LogP contribution is 2.21. The van der Waals surface area contributed by atoms with E-state index in [0.717, 1.165) is 50.9 Å². The van der Waals surface area contributed by atoms with E-state index in [0.29, 0.717) is 18.7 Å². The summed E-state index contributed by atoms with van der Waals surface area (Å²) in [6.07, 6.45) is 3.94. The molecule has 1 aromatic rings. The highest BCUT2D eigenvalue weighted by atomic mass is 16.5. The number of nitrogens with zero attached hydrogens (tertiary/aromatic N) is 5. The summed E-state index contributed by atoms with van der Waals surface area (Å²) < 4.78 is 13.3. The van der Waals surface area contributed by atoms with Gasteiger partial charge in [0.1, 0.15) is 6.10 Å². The van der Waals surface area contributed by atoms with Gasteiger partial charge in [0.15, 0.2) is 5.96 Å². The van der Waals surface area contributed by atoms with Crippen LogP contribution in [0.1, 0.15) is 25.5 Å². The summed E-state index contributed by atoms with van der Waals surface area (Å²) in [5.74, 6) is 0.940. The van der Waals surface area contributed by atoms with Crippen LogP contribution < -0.4 is 5.32 Å². The normalized spacial score (nSPS) is 26.8. The van der Waals surface area contributed by atoms with E-state index in [9.17, 15) is 0 Å². The van der Waals surface area contributed by atoms with Gasteiger partial charge >= 0.3 is 0 Å². The van der Waals surface area contributed by atoms with Crippen LogP contribution in [0.4, 0.5) is 0 Å². The molecule has 1 aromatic heterocycles. The molecular weight excluding hydrogens is 332 g/mol. The molecule has 26 heavy (non-hydrogen) atoms. The van der Waals surface area contributed by atoms with Gasteiger partial charge in [0.05, 0.1) is 32.6 Å². The molecule has 0 aromatic carbocycles. The predicted octanol–water partition coefficient (Wildman–Crippen LogP) is 0.478. The first-order valence-corrected chi connectivity index (χ1v) is 9.47. The molecule has 2 aliphatic heterocycles. The van der Waals surface area contributed by atoms with Crippen LogP contribution in [-0.2, 0) is 16.5 Å². The van der Waals surface area contributed by atoms with Gasteiger partial charge in [-0.25, -0.2) is 0 Å². The van der Waals surface area contributed by atoms with E-state index in [2.05, 4.69) is 39.1 Å². The zero-order chi connectivity index (χ0) is 18.5. The SMILES string of the molecule is CN=C(NCC(C)N1CCOCC1C)N1CCOC(c2cnn(C)c2)C1. The van der Waals surface area contributed by atoms with E-state index in [1.54, 1.807) is 0 Å². The number of ether oxygens (including phenoxy) is 2. The zero-order valence-corrected chi connectivity index (χ0v) is 16.4. The smallest absolute Gasteiger partial charge is 0.193 e. The quantitative estimate of drug-likeness (QED) is 0.619. The molecule has 8 heteroatoms. The minimum Gasteiger partial charge on any atom is -0.379 e. The summed E-state index contributed by atoms with van der Waals surface area (Å²) >= 11 is 0. The second-order valence-corrected chi connectivity index (χ2v) is 7.19. The number of nitrogens with one attached hydrogen (secondary N) is 1. The van der Waals surface area contributed by atoms with E-state index in [-0.39, 0.29) is 6.10 Å². The first-order valence-electron chi connectivity index (χ1n) is 9.47. The lowest BCUT2D eigenvalue weighted by Gasteiger charge is -2.39. The largest absolute Gasteiger partial charge is 0.379 e. The van der Waals surface area contributed by atoms with Crippen molar-refractivity contribution >= 4 is 5.96 Å². The van der Waals surface area contributed by atoms with Crippen LogP contribution in [0.3, 0.4) is 0 Å². The Labute approximate surface area is 156 Å².